The van der Waals surface area contributed by atoms with E-state index in [4.69, 9.17) is 23.2 Å². The highest BCUT2D eigenvalue weighted by Crippen LogP contribution is 2.26. The molecule has 2 aromatic rings. The van der Waals surface area contributed by atoms with Crippen molar-refractivity contribution in [3.8, 4) is 0 Å². The lowest BCUT2D eigenvalue weighted by atomic mass is 10.1. The molecule has 1 aromatic heterocycles. The maximum Gasteiger partial charge on any atom is 0.135 e. The normalized spacial score (nSPS) is 10.6. The van der Waals surface area contributed by atoms with E-state index in [2.05, 4.69) is 22.2 Å². The fraction of sp³-hybridized carbons (Fsp3) is 0.333. The first-order valence-electron chi connectivity index (χ1n) is 6.61. The molecule has 2 rings (SSSR count). The molecule has 0 aliphatic carbocycles. The van der Waals surface area contributed by atoms with Crippen molar-refractivity contribution in [1.29, 1.82) is 0 Å². The minimum atomic E-state index is 0.529. The van der Waals surface area contributed by atoms with Crippen LogP contribution in [0.5, 0.6) is 0 Å². The number of nitrogens with zero attached hydrogens (tertiary/aromatic N) is 2. The Hall–Kier alpha value is -1.32. The summed E-state index contributed by atoms with van der Waals surface area (Å²) < 4.78 is 0. The second kappa shape index (κ2) is 6.91. The van der Waals surface area contributed by atoms with Gasteiger partial charge in [0, 0.05) is 34.8 Å². The molecule has 0 radical (unpaired) electrons. The Morgan fingerprint density at radius 2 is 1.85 bits per heavy atom. The van der Waals surface area contributed by atoms with Gasteiger partial charge in [-0.3, -0.25) is 0 Å². The Kier molecular flexibility index (Phi) is 5.21. The summed E-state index contributed by atoms with van der Waals surface area (Å²) >= 11 is 12.4. The van der Waals surface area contributed by atoms with Gasteiger partial charge in [0.25, 0.3) is 0 Å². The van der Waals surface area contributed by atoms with E-state index in [1.54, 1.807) is 0 Å². The number of benzene rings is 1. The van der Waals surface area contributed by atoms with Crippen LogP contribution in [0, 0.1) is 6.92 Å². The monoisotopic (exact) mass is 309 g/mol. The topological polar surface area (TPSA) is 37.8 Å². The van der Waals surface area contributed by atoms with Gasteiger partial charge in [-0.25, -0.2) is 9.97 Å². The van der Waals surface area contributed by atoms with Crippen molar-refractivity contribution in [2.45, 2.75) is 26.7 Å². The molecular formula is C15H17Cl2N3. The number of hydrogen-bond acceptors (Lipinski definition) is 3. The summed E-state index contributed by atoms with van der Waals surface area (Å²) in [5.74, 6) is 1.57. The van der Waals surface area contributed by atoms with Crippen LogP contribution in [0.4, 0.5) is 5.82 Å². The van der Waals surface area contributed by atoms with Crippen molar-refractivity contribution in [2.75, 3.05) is 11.9 Å². The summed E-state index contributed by atoms with van der Waals surface area (Å²) in [6, 6.07) is 7.43. The predicted molar refractivity (Wildman–Crippen MR) is 84.8 cm³/mol. The van der Waals surface area contributed by atoms with E-state index >= 15 is 0 Å². The Balaban J connectivity index is 2.27. The van der Waals surface area contributed by atoms with E-state index < -0.39 is 0 Å². The molecule has 0 fully saturated rings. The summed E-state index contributed by atoms with van der Waals surface area (Å²) in [7, 11) is 0. The van der Waals surface area contributed by atoms with Crippen molar-refractivity contribution in [2.24, 2.45) is 0 Å². The molecular weight excluding hydrogens is 293 g/mol. The number of rotatable bonds is 5. The van der Waals surface area contributed by atoms with E-state index in [0.717, 1.165) is 35.9 Å². The lowest BCUT2D eigenvalue weighted by Crippen LogP contribution is -2.07. The van der Waals surface area contributed by atoms with Crippen molar-refractivity contribution < 1.29 is 0 Å². The number of anilines is 1. The van der Waals surface area contributed by atoms with Crippen LogP contribution in [0.3, 0.4) is 0 Å². The number of nitrogens with one attached hydrogen (secondary N) is 1. The quantitative estimate of drug-likeness (QED) is 0.883. The third-order valence-electron chi connectivity index (χ3n) is 2.85. The van der Waals surface area contributed by atoms with Gasteiger partial charge >= 0.3 is 0 Å². The highest BCUT2D eigenvalue weighted by Gasteiger charge is 2.09. The van der Waals surface area contributed by atoms with Gasteiger partial charge in [0.15, 0.2) is 0 Å². The fourth-order valence-electron chi connectivity index (χ4n) is 1.91. The molecule has 0 spiro atoms. The van der Waals surface area contributed by atoms with Gasteiger partial charge in [-0.05, 0) is 31.0 Å². The summed E-state index contributed by atoms with van der Waals surface area (Å²) in [6.07, 6.45) is 1.58. The zero-order valence-electron chi connectivity index (χ0n) is 11.6. The van der Waals surface area contributed by atoms with Crippen molar-refractivity contribution in [1.82, 2.24) is 9.97 Å². The predicted octanol–water partition coefficient (Wildman–Crippen LogP) is 4.50. The standard InChI is InChI=1S/C15H17Cl2N3/c1-3-7-18-14-8-10(2)19-15(20-14)9-11-12(16)5-4-6-13(11)17/h4-6,8H,3,7,9H2,1-2H3,(H,18,19,20). The molecule has 5 heteroatoms. The molecule has 0 unspecified atom stereocenters. The average Bonchev–Trinajstić information content (AvgIpc) is 2.40. The summed E-state index contributed by atoms with van der Waals surface area (Å²) in [4.78, 5) is 8.96. The third kappa shape index (κ3) is 3.84. The largest absolute Gasteiger partial charge is 0.370 e. The summed E-state index contributed by atoms with van der Waals surface area (Å²) in [5.41, 5.74) is 1.79. The zero-order chi connectivity index (χ0) is 14.5. The molecule has 1 N–H and O–H groups in total. The third-order valence-corrected chi connectivity index (χ3v) is 3.56. The van der Waals surface area contributed by atoms with Crippen LogP contribution in [-0.4, -0.2) is 16.5 Å². The van der Waals surface area contributed by atoms with Gasteiger partial charge in [-0.15, -0.1) is 0 Å². The molecule has 0 aliphatic heterocycles. The van der Waals surface area contributed by atoms with E-state index in [1.165, 1.54) is 0 Å². The molecule has 0 amide bonds. The van der Waals surface area contributed by atoms with Crippen LogP contribution in [0.15, 0.2) is 24.3 Å². The Bertz CT molecular complexity index is 579. The molecule has 0 bridgehead atoms. The number of hydrogen-bond donors (Lipinski definition) is 1. The van der Waals surface area contributed by atoms with E-state index in [9.17, 15) is 0 Å². The molecule has 1 heterocycles. The van der Waals surface area contributed by atoms with Crippen molar-refractivity contribution in [3.05, 3.63) is 51.4 Å². The van der Waals surface area contributed by atoms with Crippen LogP contribution < -0.4 is 5.32 Å². The maximum absolute atomic E-state index is 6.19. The van der Waals surface area contributed by atoms with Gasteiger partial charge in [0.1, 0.15) is 11.6 Å². The van der Waals surface area contributed by atoms with Gasteiger partial charge in [-0.1, -0.05) is 36.2 Å². The molecule has 106 valence electrons. The second-order valence-corrected chi connectivity index (χ2v) is 5.43. The lowest BCUT2D eigenvalue weighted by Gasteiger charge is -2.09. The molecule has 1 aromatic carbocycles. The minimum absolute atomic E-state index is 0.529. The maximum atomic E-state index is 6.19. The molecule has 3 nitrogen and oxygen atoms in total. The Labute approximate surface area is 129 Å². The summed E-state index contributed by atoms with van der Waals surface area (Å²) in [6.45, 7) is 4.96. The Morgan fingerprint density at radius 1 is 1.15 bits per heavy atom. The van der Waals surface area contributed by atoms with Crippen LogP contribution in [0.1, 0.15) is 30.4 Å². The average molecular weight is 310 g/mol. The first kappa shape index (κ1) is 15.1. The highest BCUT2D eigenvalue weighted by atomic mass is 35.5. The first-order valence-corrected chi connectivity index (χ1v) is 7.37. The number of aromatic nitrogens is 2. The molecule has 20 heavy (non-hydrogen) atoms. The number of halogens is 2. The number of aryl methyl sites for hydroxylation is 1. The van der Waals surface area contributed by atoms with Crippen LogP contribution in [-0.2, 0) is 6.42 Å². The second-order valence-electron chi connectivity index (χ2n) is 4.61. The molecule has 0 saturated heterocycles. The van der Waals surface area contributed by atoms with Crippen LogP contribution in [0.2, 0.25) is 10.0 Å². The van der Waals surface area contributed by atoms with E-state index in [1.807, 2.05) is 31.2 Å². The van der Waals surface area contributed by atoms with Crippen molar-refractivity contribution in [3.63, 3.8) is 0 Å². The smallest absolute Gasteiger partial charge is 0.135 e. The molecule has 0 aliphatic rings. The van der Waals surface area contributed by atoms with E-state index in [-0.39, 0.29) is 0 Å². The van der Waals surface area contributed by atoms with Gasteiger partial charge in [-0.2, -0.15) is 0 Å². The van der Waals surface area contributed by atoms with Gasteiger partial charge in [0.2, 0.25) is 0 Å². The molecule has 0 saturated carbocycles. The van der Waals surface area contributed by atoms with Crippen LogP contribution in [0.25, 0.3) is 0 Å². The Morgan fingerprint density at radius 3 is 2.50 bits per heavy atom. The fourth-order valence-corrected chi connectivity index (χ4v) is 2.44. The van der Waals surface area contributed by atoms with Crippen LogP contribution >= 0.6 is 23.2 Å². The lowest BCUT2D eigenvalue weighted by molar-refractivity contribution is 0.917. The zero-order valence-corrected chi connectivity index (χ0v) is 13.1. The van der Waals surface area contributed by atoms with E-state index in [0.29, 0.717) is 16.5 Å². The van der Waals surface area contributed by atoms with Crippen molar-refractivity contribution >= 4 is 29.0 Å². The summed E-state index contributed by atoms with van der Waals surface area (Å²) in [5, 5.41) is 4.56. The van der Waals surface area contributed by atoms with Gasteiger partial charge < -0.3 is 5.32 Å². The molecule has 0 atom stereocenters. The highest BCUT2D eigenvalue weighted by molar-refractivity contribution is 6.36. The SMILES string of the molecule is CCCNc1cc(C)nc(Cc2c(Cl)cccc2Cl)n1. The minimum Gasteiger partial charge on any atom is -0.370 e. The van der Waals surface area contributed by atoms with Gasteiger partial charge in [0.05, 0.1) is 0 Å². The first-order chi connectivity index (χ1) is 9.60.